The van der Waals surface area contributed by atoms with Crippen molar-refractivity contribution in [2.75, 3.05) is 19.7 Å². The van der Waals surface area contributed by atoms with Crippen LogP contribution in [0.2, 0.25) is 0 Å². The summed E-state index contributed by atoms with van der Waals surface area (Å²) >= 11 is 0. The Labute approximate surface area is 127 Å². The van der Waals surface area contributed by atoms with E-state index in [4.69, 9.17) is 9.84 Å². The van der Waals surface area contributed by atoms with Gasteiger partial charge >= 0.3 is 5.97 Å². The van der Waals surface area contributed by atoms with E-state index in [9.17, 15) is 9.59 Å². The number of carbonyl (C=O) groups excluding carboxylic acids is 1. The molecular formula is C16H18N2O4. The molecule has 6 heteroatoms. The lowest BCUT2D eigenvalue weighted by atomic mass is 10.1. The van der Waals surface area contributed by atoms with Gasteiger partial charge in [0.2, 0.25) is 5.91 Å². The van der Waals surface area contributed by atoms with Crippen LogP contribution in [0.3, 0.4) is 0 Å². The average molecular weight is 302 g/mol. The van der Waals surface area contributed by atoms with E-state index in [-0.39, 0.29) is 25.5 Å². The van der Waals surface area contributed by atoms with Crippen LogP contribution in [0.4, 0.5) is 0 Å². The van der Waals surface area contributed by atoms with Crippen molar-refractivity contribution in [2.24, 2.45) is 0 Å². The van der Waals surface area contributed by atoms with Gasteiger partial charge in [0.15, 0.2) is 6.10 Å². The normalized spacial score (nSPS) is 18.6. The molecule has 2 heterocycles. The van der Waals surface area contributed by atoms with Gasteiger partial charge in [0.1, 0.15) is 0 Å². The maximum absolute atomic E-state index is 12.4. The molecule has 0 saturated carbocycles. The predicted molar refractivity (Wildman–Crippen MR) is 80.7 cm³/mol. The van der Waals surface area contributed by atoms with Gasteiger partial charge in [-0.3, -0.25) is 4.79 Å². The number of rotatable bonds is 3. The van der Waals surface area contributed by atoms with Crippen LogP contribution >= 0.6 is 0 Å². The largest absolute Gasteiger partial charge is 0.479 e. The first-order chi connectivity index (χ1) is 10.6. The minimum atomic E-state index is -1.03. The molecule has 2 aromatic rings. The number of aliphatic carboxylic acids is 1. The molecule has 1 fully saturated rings. The van der Waals surface area contributed by atoms with Crippen LogP contribution in [0, 0.1) is 6.92 Å². The molecule has 116 valence electrons. The quantitative estimate of drug-likeness (QED) is 0.896. The zero-order valence-electron chi connectivity index (χ0n) is 12.3. The maximum atomic E-state index is 12.4. The Morgan fingerprint density at radius 2 is 2.27 bits per heavy atom. The van der Waals surface area contributed by atoms with Crippen molar-refractivity contribution in [1.82, 2.24) is 9.88 Å². The van der Waals surface area contributed by atoms with Gasteiger partial charge in [-0.2, -0.15) is 0 Å². The van der Waals surface area contributed by atoms with Gasteiger partial charge in [-0.05, 0) is 18.1 Å². The number of nitrogens with zero attached hydrogens (tertiary/aromatic N) is 1. The molecule has 0 radical (unpaired) electrons. The molecule has 0 spiro atoms. The van der Waals surface area contributed by atoms with Crippen LogP contribution < -0.4 is 0 Å². The second-order valence-corrected chi connectivity index (χ2v) is 5.53. The maximum Gasteiger partial charge on any atom is 0.334 e. The minimum absolute atomic E-state index is 0.0723. The molecule has 1 atom stereocenters. The Morgan fingerprint density at radius 3 is 3.05 bits per heavy atom. The number of para-hydroxylation sites is 1. The number of aromatic nitrogens is 1. The predicted octanol–water partition coefficient (Wildman–Crippen LogP) is 1.33. The number of morpholine rings is 1. The van der Waals surface area contributed by atoms with E-state index in [0.29, 0.717) is 6.54 Å². The first-order valence-corrected chi connectivity index (χ1v) is 7.24. The summed E-state index contributed by atoms with van der Waals surface area (Å²) in [6.45, 7) is 2.82. The fourth-order valence-electron chi connectivity index (χ4n) is 2.81. The van der Waals surface area contributed by atoms with Crippen LogP contribution in [0.25, 0.3) is 10.9 Å². The summed E-state index contributed by atoms with van der Waals surface area (Å²) < 4.78 is 5.14. The van der Waals surface area contributed by atoms with E-state index in [0.717, 1.165) is 22.0 Å². The molecule has 22 heavy (non-hydrogen) atoms. The van der Waals surface area contributed by atoms with Crippen LogP contribution in [0.1, 0.15) is 11.1 Å². The van der Waals surface area contributed by atoms with Crippen LogP contribution in [-0.4, -0.2) is 52.7 Å². The average Bonchev–Trinajstić information content (AvgIpc) is 2.92. The highest BCUT2D eigenvalue weighted by atomic mass is 16.5. The highest BCUT2D eigenvalue weighted by Gasteiger charge is 2.29. The highest BCUT2D eigenvalue weighted by Crippen LogP contribution is 2.22. The van der Waals surface area contributed by atoms with Gasteiger partial charge in [-0.25, -0.2) is 4.79 Å². The fourth-order valence-corrected chi connectivity index (χ4v) is 2.81. The molecule has 0 unspecified atom stereocenters. The molecule has 1 aliphatic heterocycles. The van der Waals surface area contributed by atoms with Gasteiger partial charge in [-0.1, -0.05) is 18.2 Å². The Morgan fingerprint density at radius 1 is 1.45 bits per heavy atom. The zero-order valence-corrected chi connectivity index (χ0v) is 12.3. The Balaban J connectivity index is 1.76. The van der Waals surface area contributed by atoms with Gasteiger partial charge in [-0.15, -0.1) is 0 Å². The minimum Gasteiger partial charge on any atom is -0.479 e. The van der Waals surface area contributed by atoms with Crippen LogP contribution in [0.15, 0.2) is 24.4 Å². The molecule has 1 aromatic carbocycles. The van der Waals surface area contributed by atoms with E-state index in [2.05, 4.69) is 4.98 Å². The van der Waals surface area contributed by atoms with Gasteiger partial charge < -0.3 is 19.7 Å². The number of aryl methyl sites for hydroxylation is 1. The number of benzene rings is 1. The number of carboxylic acids is 1. The third-order valence-electron chi connectivity index (χ3n) is 4.05. The van der Waals surface area contributed by atoms with Crippen LogP contribution in [-0.2, 0) is 20.7 Å². The Hall–Kier alpha value is -2.34. The molecule has 2 N–H and O–H groups in total. The van der Waals surface area contributed by atoms with Crippen molar-refractivity contribution in [1.29, 1.82) is 0 Å². The van der Waals surface area contributed by atoms with Gasteiger partial charge in [0, 0.05) is 23.6 Å². The van der Waals surface area contributed by atoms with Gasteiger partial charge in [0.25, 0.3) is 0 Å². The fraction of sp³-hybridized carbons (Fsp3) is 0.375. The molecule has 0 aliphatic carbocycles. The first kappa shape index (κ1) is 14.6. The summed E-state index contributed by atoms with van der Waals surface area (Å²) in [7, 11) is 0. The van der Waals surface area contributed by atoms with E-state index >= 15 is 0 Å². The van der Waals surface area contributed by atoms with Crippen molar-refractivity contribution in [3.63, 3.8) is 0 Å². The van der Waals surface area contributed by atoms with E-state index < -0.39 is 12.1 Å². The van der Waals surface area contributed by atoms with Crippen molar-refractivity contribution in [3.05, 3.63) is 35.5 Å². The molecule has 1 amide bonds. The number of nitrogens with one attached hydrogen (secondary N) is 1. The zero-order chi connectivity index (χ0) is 15.7. The number of hydrogen-bond acceptors (Lipinski definition) is 3. The number of carboxylic acid groups (broad SMARTS) is 1. The van der Waals surface area contributed by atoms with Crippen molar-refractivity contribution in [2.45, 2.75) is 19.4 Å². The highest BCUT2D eigenvalue weighted by molar-refractivity contribution is 5.90. The molecule has 1 aromatic heterocycles. The van der Waals surface area contributed by atoms with E-state index in [1.807, 2.05) is 31.3 Å². The molecule has 6 nitrogen and oxygen atoms in total. The topological polar surface area (TPSA) is 82.6 Å². The monoisotopic (exact) mass is 302 g/mol. The van der Waals surface area contributed by atoms with Crippen LogP contribution in [0.5, 0.6) is 0 Å². The number of H-pyrrole nitrogens is 1. The smallest absolute Gasteiger partial charge is 0.334 e. The third kappa shape index (κ3) is 2.69. The first-order valence-electron chi connectivity index (χ1n) is 7.24. The van der Waals surface area contributed by atoms with E-state index in [1.165, 1.54) is 0 Å². The summed E-state index contributed by atoms with van der Waals surface area (Å²) in [6.07, 6.45) is 1.18. The summed E-state index contributed by atoms with van der Waals surface area (Å²) in [5.41, 5.74) is 3.10. The molecular weight excluding hydrogens is 284 g/mol. The number of ether oxygens (including phenoxy) is 1. The third-order valence-corrected chi connectivity index (χ3v) is 4.05. The second kappa shape index (κ2) is 5.81. The number of carbonyl (C=O) groups is 2. The van der Waals surface area contributed by atoms with Crippen molar-refractivity contribution in [3.8, 4) is 0 Å². The molecule has 0 bridgehead atoms. The summed E-state index contributed by atoms with van der Waals surface area (Å²) in [6, 6.07) is 5.97. The number of hydrogen-bond donors (Lipinski definition) is 2. The number of fused-ring (bicyclic) bond motifs is 1. The Kier molecular flexibility index (Phi) is 3.85. The Bertz CT molecular complexity index is 722. The molecule has 1 saturated heterocycles. The molecule has 1 aliphatic rings. The lowest BCUT2D eigenvalue weighted by Crippen LogP contribution is -2.49. The second-order valence-electron chi connectivity index (χ2n) is 5.53. The standard InChI is InChI=1S/C16H18N2O4/c1-10-3-2-4-12-11(8-17-15(10)12)7-14(19)18-5-6-22-13(9-18)16(20)21/h2-4,8,13,17H,5-7,9H2,1H3,(H,20,21)/t13-/m1/s1. The lowest BCUT2D eigenvalue weighted by molar-refractivity contribution is -0.159. The van der Waals surface area contributed by atoms with Gasteiger partial charge in [0.05, 0.1) is 19.6 Å². The van der Waals surface area contributed by atoms with E-state index in [1.54, 1.807) is 4.90 Å². The number of amides is 1. The molecule has 3 rings (SSSR count). The van der Waals surface area contributed by atoms with Crippen molar-refractivity contribution >= 4 is 22.8 Å². The summed E-state index contributed by atoms with van der Waals surface area (Å²) in [5, 5.41) is 10.0. The lowest BCUT2D eigenvalue weighted by Gasteiger charge is -2.30. The SMILES string of the molecule is Cc1cccc2c(CC(=O)N3CCO[C@@H](C(=O)O)C3)c[nH]c12. The number of aromatic amines is 1. The summed E-state index contributed by atoms with van der Waals surface area (Å²) in [5.74, 6) is -1.10. The van der Waals surface area contributed by atoms with Crippen molar-refractivity contribution < 1.29 is 19.4 Å². The summed E-state index contributed by atoms with van der Waals surface area (Å²) in [4.78, 5) is 28.2.